The molecule has 1 fully saturated rings. The van der Waals surface area contributed by atoms with E-state index in [0.29, 0.717) is 22.4 Å². The molecule has 1 aliphatic rings. The standard InChI is InChI=1S/C26H29NO4S2/c1-5-30-23(28)14-15-27-24(29)22(33-25(27)32)16-18-8-12-21(13-9-18)31-17-19-6-10-20(11-7-19)26(2,3)4/h6-13,16H,5,14-15,17H2,1-4H3/b22-16+. The van der Waals surface area contributed by atoms with Crippen LogP contribution in [0.3, 0.4) is 0 Å². The molecule has 0 spiro atoms. The van der Waals surface area contributed by atoms with E-state index >= 15 is 0 Å². The molecular weight excluding hydrogens is 454 g/mol. The fourth-order valence-corrected chi connectivity index (χ4v) is 4.52. The van der Waals surface area contributed by atoms with Gasteiger partial charge in [0.15, 0.2) is 0 Å². The molecule has 0 aromatic heterocycles. The second-order valence-corrected chi connectivity index (χ2v) is 10.4. The van der Waals surface area contributed by atoms with E-state index < -0.39 is 0 Å². The summed E-state index contributed by atoms with van der Waals surface area (Å²) in [4.78, 5) is 26.2. The lowest BCUT2D eigenvalue weighted by Crippen LogP contribution is -2.30. The van der Waals surface area contributed by atoms with E-state index in [-0.39, 0.29) is 30.3 Å². The van der Waals surface area contributed by atoms with Gasteiger partial charge in [-0.2, -0.15) is 0 Å². The Bertz CT molecular complexity index is 1040. The molecule has 5 nitrogen and oxygen atoms in total. The summed E-state index contributed by atoms with van der Waals surface area (Å²) in [5.74, 6) is 0.235. The van der Waals surface area contributed by atoms with Crippen molar-refractivity contribution in [3.8, 4) is 5.75 Å². The number of ether oxygens (including phenoxy) is 2. The Morgan fingerprint density at radius 1 is 1.09 bits per heavy atom. The average Bonchev–Trinajstić information content (AvgIpc) is 3.04. The van der Waals surface area contributed by atoms with Crippen molar-refractivity contribution < 1.29 is 19.1 Å². The number of esters is 1. The maximum absolute atomic E-state index is 12.7. The predicted octanol–water partition coefficient (Wildman–Crippen LogP) is 5.72. The van der Waals surface area contributed by atoms with Crippen LogP contribution >= 0.6 is 24.0 Å². The zero-order valence-corrected chi connectivity index (χ0v) is 21.1. The van der Waals surface area contributed by atoms with Crippen molar-refractivity contribution in [1.29, 1.82) is 0 Å². The lowest BCUT2D eigenvalue weighted by atomic mass is 9.87. The smallest absolute Gasteiger partial charge is 0.307 e. The van der Waals surface area contributed by atoms with Gasteiger partial charge in [-0.05, 0) is 47.2 Å². The highest BCUT2D eigenvalue weighted by atomic mass is 32.2. The summed E-state index contributed by atoms with van der Waals surface area (Å²) >= 11 is 6.55. The van der Waals surface area contributed by atoms with Crippen LogP contribution in [-0.2, 0) is 26.3 Å². The quantitative estimate of drug-likeness (QED) is 0.272. The minimum Gasteiger partial charge on any atom is -0.489 e. The molecule has 7 heteroatoms. The van der Waals surface area contributed by atoms with Gasteiger partial charge in [0.1, 0.15) is 16.7 Å². The molecule has 1 heterocycles. The highest BCUT2D eigenvalue weighted by Gasteiger charge is 2.32. The molecule has 0 N–H and O–H groups in total. The van der Waals surface area contributed by atoms with E-state index in [1.165, 1.54) is 22.2 Å². The van der Waals surface area contributed by atoms with Crippen molar-refractivity contribution in [3.63, 3.8) is 0 Å². The maximum Gasteiger partial charge on any atom is 0.307 e. The number of carbonyl (C=O) groups excluding carboxylic acids is 2. The lowest BCUT2D eigenvalue weighted by molar-refractivity contribution is -0.143. The number of rotatable bonds is 8. The second-order valence-electron chi connectivity index (χ2n) is 8.69. The molecule has 3 rings (SSSR count). The molecule has 174 valence electrons. The number of benzene rings is 2. The minimum absolute atomic E-state index is 0.124. The molecular formula is C26H29NO4S2. The summed E-state index contributed by atoms with van der Waals surface area (Å²) < 4.78 is 11.3. The van der Waals surface area contributed by atoms with Gasteiger partial charge in [0.2, 0.25) is 0 Å². The Morgan fingerprint density at radius 3 is 2.36 bits per heavy atom. The van der Waals surface area contributed by atoms with Crippen molar-refractivity contribution in [1.82, 2.24) is 4.90 Å². The van der Waals surface area contributed by atoms with Crippen molar-refractivity contribution in [2.45, 2.75) is 46.1 Å². The van der Waals surface area contributed by atoms with E-state index in [0.717, 1.165) is 16.9 Å². The van der Waals surface area contributed by atoms with Gasteiger partial charge < -0.3 is 9.47 Å². The molecule has 1 saturated heterocycles. The molecule has 33 heavy (non-hydrogen) atoms. The van der Waals surface area contributed by atoms with Crippen molar-refractivity contribution in [2.75, 3.05) is 13.2 Å². The molecule has 2 aromatic rings. The third-order valence-electron chi connectivity index (χ3n) is 5.12. The third-order valence-corrected chi connectivity index (χ3v) is 6.50. The number of thiocarbonyl (C=S) groups is 1. The number of nitrogens with zero attached hydrogens (tertiary/aromatic N) is 1. The fraction of sp³-hybridized carbons (Fsp3) is 0.346. The first-order valence-electron chi connectivity index (χ1n) is 10.9. The molecule has 1 amide bonds. The van der Waals surface area contributed by atoms with Crippen LogP contribution in [0.25, 0.3) is 6.08 Å². The Morgan fingerprint density at radius 2 is 1.76 bits per heavy atom. The van der Waals surface area contributed by atoms with Crippen LogP contribution in [0.2, 0.25) is 0 Å². The number of amides is 1. The molecule has 1 aliphatic heterocycles. The van der Waals surface area contributed by atoms with Crippen molar-refractivity contribution in [3.05, 3.63) is 70.1 Å². The maximum atomic E-state index is 12.7. The first-order valence-corrected chi connectivity index (χ1v) is 12.1. The van der Waals surface area contributed by atoms with Crippen LogP contribution in [-0.4, -0.2) is 34.2 Å². The summed E-state index contributed by atoms with van der Waals surface area (Å²) in [6, 6.07) is 16.1. The van der Waals surface area contributed by atoms with Gasteiger partial charge in [0.25, 0.3) is 5.91 Å². The first kappa shape index (κ1) is 25.0. The summed E-state index contributed by atoms with van der Waals surface area (Å²) in [6.07, 6.45) is 1.93. The van der Waals surface area contributed by atoms with Crippen LogP contribution in [0, 0.1) is 0 Å². The topological polar surface area (TPSA) is 55.8 Å². The summed E-state index contributed by atoms with van der Waals surface area (Å²) in [5, 5.41) is 0. The summed E-state index contributed by atoms with van der Waals surface area (Å²) in [7, 11) is 0. The van der Waals surface area contributed by atoms with Gasteiger partial charge in [-0.15, -0.1) is 0 Å². The fourth-order valence-electron chi connectivity index (χ4n) is 3.21. The SMILES string of the molecule is CCOC(=O)CCN1C(=O)/C(=C\c2ccc(OCc3ccc(C(C)(C)C)cc3)cc2)SC1=S. The van der Waals surface area contributed by atoms with Gasteiger partial charge in [-0.25, -0.2) is 0 Å². The van der Waals surface area contributed by atoms with Crippen LogP contribution in [0.1, 0.15) is 50.8 Å². The van der Waals surface area contributed by atoms with Gasteiger partial charge in [0, 0.05) is 6.54 Å². The van der Waals surface area contributed by atoms with E-state index in [1.807, 2.05) is 24.3 Å². The van der Waals surface area contributed by atoms with Gasteiger partial charge in [-0.3, -0.25) is 14.5 Å². The number of hydrogen-bond acceptors (Lipinski definition) is 6. The Hall–Kier alpha value is -2.64. The molecule has 0 radical (unpaired) electrons. The zero-order chi connectivity index (χ0) is 24.0. The van der Waals surface area contributed by atoms with E-state index in [9.17, 15) is 9.59 Å². The van der Waals surface area contributed by atoms with Crippen LogP contribution in [0.15, 0.2) is 53.4 Å². The molecule has 2 aromatic carbocycles. The third kappa shape index (κ3) is 6.92. The summed E-state index contributed by atoms with van der Waals surface area (Å²) in [5.41, 5.74) is 3.41. The van der Waals surface area contributed by atoms with E-state index in [2.05, 4.69) is 45.0 Å². The van der Waals surface area contributed by atoms with Crippen LogP contribution < -0.4 is 4.74 Å². The molecule has 0 aliphatic carbocycles. The number of thioether (sulfide) groups is 1. The highest BCUT2D eigenvalue weighted by Crippen LogP contribution is 2.33. The lowest BCUT2D eigenvalue weighted by Gasteiger charge is -2.19. The Labute approximate surface area is 205 Å². The zero-order valence-electron chi connectivity index (χ0n) is 19.4. The Kier molecular flexibility index (Phi) is 8.32. The van der Waals surface area contributed by atoms with E-state index in [1.54, 1.807) is 13.0 Å². The largest absolute Gasteiger partial charge is 0.489 e. The first-order chi connectivity index (χ1) is 15.7. The monoisotopic (exact) mass is 483 g/mol. The number of hydrogen-bond donors (Lipinski definition) is 0. The predicted molar refractivity (Wildman–Crippen MR) is 137 cm³/mol. The Balaban J connectivity index is 1.57. The van der Waals surface area contributed by atoms with Gasteiger partial charge in [-0.1, -0.05) is 81.1 Å². The minimum atomic E-state index is -0.337. The molecule has 0 bridgehead atoms. The molecule has 0 unspecified atom stereocenters. The van der Waals surface area contributed by atoms with Crippen molar-refractivity contribution in [2.24, 2.45) is 0 Å². The molecule has 0 atom stereocenters. The normalized spacial score (nSPS) is 15.3. The van der Waals surface area contributed by atoms with Crippen LogP contribution in [0.4, 0.5) is 0 Å². The molecule has 0 saturated carbocycles. The van der Waals surface area contributed by atoms with Gasteiger partial charge in [0.05, 0.1) is 17.9 Å². The van der Waals surface area contributed by atoms with Crippen molar-refractivity contribution >= 4 is 46.3 Å². The van der Waals surface area contributed by atoms with E-state index in [4.69, 9.17) is 21.7 Å². The second kappa shape index (κ2) is 11.0. The number of carbonyl (C=O) groups is 2. The summed E-state index contributed by atoms with van der Waals surface area (Å²) in [6.45, 7) is 9.37. The van der Waals surface area contributed by atoms with Gasteiger partial charge >= 0.3 is 5.97 Å². The van der Waals surface area contributed by atoms with Crippen LogP contribution in [0.5, 0.6) is 5.75 Å². The average molecular weight is 484 g/mol. The highest BCUT2D eigenvalue weighted by molar-refractivity contribution is 8.26.